The van der Waals surface area contributed by atoms with Crippen LogP contribution in [0, 0.1) is 30.3 Å². The molecule has 0 N–H and O–H groups in total. The van der Waals surface area contributed by atoms with Crippen molar-refractivity contribution in [3.63, 3.8) is 0 Å². The molecule has 0 radical (unpaired) electrons. The molecule has 0 saturated carbocycles. The van der Waals surface area contributed by atoms with Gasteiger partial charge in [0.25, 0.3) is 17.1 Å². The van der Waals surface area contributed by atoms with Crippen molar-refractivity contribution >= 4 is 38.6 Å². The highest BCUT2D eigenvalue weighted by Gasteiger charge is 2.21. The van der Waals surface area contributed by atoms with E-state index in [1.165, 1.54) is 27.1 Å². The molecule has 0 aliphatic rings. The molecule has 156 valence electrons. The van der Waals surface area contributed by atoms with Gasteiger partial charge in [0.05, 0.1) is 33.0 Å². The summed E-state index contributed by atoms with van der Waals surface area (Å²) in [5.41, 5.74) is -0.587. The Morgan fingerprint density at radius 3 is 1.29 bits per heavy atom. The van der Waals surface area contributed by atoms with Crippen LogP contribution in [0.5, 0.6) is 0 Å². The molecule has 0 aliphatic heterocycles. The van der Waals surface area contributed by atoms with Crippen LogP contribution in [0.4, 0.5) is 17.1 Å². The second kappa shape index (κ2) is 8.95. The van der Waals surface area contributed by atoms with Gasteiger partial charge in [-0.2, -0.15) is 0 Å². The Bertz CT molecular complexity index is 1190. The van der Waals surface area contributed by atoms with E-state index in [1.807, 2.05) is 0 Å². The number of aryl methyl sites for hydroxylation is 1. The Labute approximate surface area is 176 Å². The Morgan fingerprint density at radius 1 is 0.613 bits per heavy atom. The molecule has 0 heterocycles. The largest absolute Gasteiger partial charge is 0.283 e. The van der Waals surface area contributed by atoms with E-state index in [0.717, 1.165) is 6.42 Å². The molecule has 4 rings (SSSR count). The van der Waals surface area contributed by atoms with Crippen molar-refractivity contribution in [1.29, 1.82) is 0 Å². The van der Waals surface area contributed by atoms with Crippen LogP contribution in [0.1, 0.15) is 12.5 Å². The zero-order valence-corrected chi connectivity index (χ0v) is 16.4. The fourth-order valence-corrected chi connectivity index (χ4v) is 3.38. The Kier molecular flexibility index (Phi) is 6.15. The molecule has 0 amide bonds. The average Bonchev–Trinajstić information content (AvgIpc) is 2.77. The predicted molar refractivity (Wildman–Crippen MR) is 117 cm³/mol. The van der Waals surface area contributed by atoms with E-state index >= 15 is 0 Å². The van der Waals surface area contributed by atoms with Gasteiger partial charge in [-0.25, -0.2) is 0 Å². The molecule has 0 aliphatic carbocycles. The Hall–Kier alpha value is -4.40. The molecule has 0 saturated heterocycles. The highest BCUT2D eigenvalue weighted by atomic mass is 16.6. The lowest BCUT2D eigenvalue weighted by molar-refractivity contribution is -0.403. The summed E-state index contributed by atoms with van der Waals surface area (Å²) in [5, 5.41) is 36.4. The third-order valence-corrected chi connectivity index (χ3v) is 4.76. The molecule has 9 heteroatoms. The number of nitrogens with zero attached hydrogens (tertiary/aromatic N) is 3. The van der Waals surface area contributed by atoms with Gasteiger partial charge >= 0.3 is 0 Å². The molecular formula is C22H17N3O6. The van der Waals surface area contributed by atoms with Gasteiger partial charge in [-0.05, 0) is 39.6 Å². The summed E-state index contributed by atoms with van der Waals surface area (Å²) >= 11 is 0. The Balaban J connectivity index is 0.000000176. The topological polar surface area (TPSA) is 129 Å². The first-order valence-electron chi connectivity index (χ1n) is 9.29. The van der Waals surface area contributed by atoms with Gasteiger partial charge in [0.1, 0.15) is 0 Å². The van der Waals surface area contributed by atoms with Crippen molar-refractivity contribution in [3.05, 3.63) is 109 Å². The summed E-state index contributed by atoms with van der Waals surface area (Å²) in [5.74, 6) is 0. The van der Waals surface area contributed by atoms with Gasteiger partial charge in [0.2, 0.25) is 0 Å². The second-order valence-electron chi connectivity index (χ2n) is 6.63. The van der Waals surface area contributed by atoms with E-state index in [4.69, 9.17) is 0 Å². The quantitative estimate of drug-likeness (QED) is 0.228. The van der Waals surface area contributed by atoms with Crippen molar-refractivity contribution in [2.45, 2.75) is 13.3 Å². The summed E-state index contributed by atoms with van der Waals surface area (Å²) in [6.07, 6.45) is 1.09. The molecule has 0 atom stereocenters. The van der Waals surface area contributed by atoms with Gasteiger partial charge in [-0.3, -0.25) is 30.3 Å². The summed E-state index contributed by atoms with van der Waals surface area (Å²) in [7, 11) is 0. The zero-order valence-electron chi connectivity index (χ0n) is 16.4. The summed E-state index contributed by atoms with van der Waals surface area (Å²) in [4.78, 5) is 28.1. The van der Waals surface area contributed by atoms with Crippen molar-refractivity contribution < 1.29 is 14.8 Å². The molecule has 31 heavy (non-hydrogen) atoms. The van der Waals surface area contributed by atoms with Gasteiger partial charge in [0, 0.05) is 0 Å². The van der Waals surface area contributed by atoms with Crippen LogP contribution in [-0.4, -0.2) is 14.8 Å². The van der Waals surface area contributed by atoms with Gasteiger partial charge < -0.3 is 0 Å². The number of fused-ring (bicyclic) bond motifs is 2. The van der Waals surface area contributed by atoms with Crippen molar-refractivity contribution in [2.75, 3.05) is 0 Å². The highest BCUT2D eigenvalue weighted by Crippen LogP contribution is 2.29. The molecule has 0 unspecified atom stereocenters. The van der Waals surface area contributed by atoms with E-state index in [9.17, 15) is 30.3 Å². The number of rotatable bonds is 4. The number of benzene rings is 4. The maximum absolute atomic E-state index is 10.3. The monoisotopic (exact) mass is 419 g/mol. The van der Waals surface area contributed by atoms with Crippen molar-refractivity contribution in [1.82, 2.24) is 0 Å². The molecule has 0 fully saturated rings. The second-order valence-corrected chi connectivity index (χ2v) is 6.63. The fourth-order valence-electron chi connectivity index (χ4n) is 3.38. The van der Waals surface area contributed by atoms with Crippen LogP contribution in [-0.2, 0) is 6.42 Å². The summed E-state index contributed by atoms with van der Waals surface area (Å²) < 4.78 is 0. The van der Waals surface area contributed by atoms with Crippen LogP contribution in [0.2, 0.25) is 0 Å². The van der Waals surface area contributed by atoms with Crippen LogP contribution in [0.3, 0.4) is 0 Å². The number of nitro groups is 3. The van der Waals surface area contributed by atoms with Crippen molar-refractivity contribution in [3.8, 4) is 0 Å². The zero-order chi connectivity index (χ0) is 22.5. The molecule has 4 aromatic rings. The van der Waals surface area contributed by atoms with Gasteiger partial charge in [-0.1, -0.05) is 55.5 Å². The lowest BCUT2D eigenvalue weighted by atomic mass is 9.95. The minimum atomic E-state index is -0.931. The highest BCUT2D eigenvalue weighted by molar-refractivity contribution is 6.02. The first-order valence-corrected chi connectivity index (χ1v) is 9.29. The SMILES string of the molecule is CCc1c2ccccc2cc2ccccc12.O=[N+]([O-])c1cc([N+](=O)[O-])cc([N+](=O)[O-])c1. The van der Waals surface area contributed by atoms with Crippen molar-refractivity contribution in [2.24, 2.45) is 0 Å². The van der Waals surface area contributed by atoms with E-state index in [0.29, 0.717) is 18.2 Å². The van der Waals surface area contributed by atoms with Crippen LogP contribution in [0.25, 0.3) is 21.5 Å². The van der Waals surface area contributed by atoms with Crippen LogP contribution < -0.4 is 0 Å². The molecule has 0 aromatic heterocycles. The molecule has 4 aromatic carbocycles. The molecule has 9 nitrogen and oxygen atoms in total. The number of non-ortho nitro benzene ring substituents is 3. The first-order chi connectivity index (χ1) is 14.8. The van der Waals surface area contributed by atoms with Gasteiger partial charge in [-0.15, -0.1) is 0 Å². The molecule has 0 bridgehead atoms. The third kappa shape index (κ3) is 4.61. The maximum atomic E-state index is 10.3. The third-order valence-electron chi connectivity index (χ3n) is 4.76. The lowest BCUT2D eigenvalue weighted by Gasteiger charge is -2.09. The number of hydrogen-bond acceptors (Lipinski definition) is 6. The number of hydrogen-bond donors (Lipinski definition) is 0. The minimum absolute atomic E-state index is 0.660. The standard InChI is InChI=1S/C16H14.C6H3N3O6/c1-2-14-15-9-5-3-7-12(15)11-13-8-4-6-10-16(13)14;10-7(11)4-1-5(8(12)13)3-6(2-4)9(14)15/h3-11H,2H2,1H3;1-3H. The summed E-state index contributed by atoms with van der Waals surface area (Å²) in [6.45, 7) is 2.23. The molecular weight excluding hydrogens is 402 g/mol. The van der Waals surface area contributed by atoms with Crippen LogP contribution >= 0.6 is 0 Å². The van der Waals surface area contributed by atoms with Crippen LogP contribution in [0.15, 0.2) is 72.8 Å². The van der Waals surface area contributed by atoms with E-state index in [2.05, 4.69) is 61.5 Å². The first kappa shape index (κ1) is 21.3. The Morgan fingerprint density at radius 2 is 0.968 bits per heavy atom. The summed E-state index contributed by atoms with van der Waals surface area (Å²) in [6, 6.07) is 21.6. The minimum Gasteiger partial charge on any atom is -0.258 e. The predicted octanol–water partition coefficient (Wildman–Crippen LogP) is 5.97. The maximum Gasteiger partial charge on any atom is 0.283 e. The number of nitro benzene ring substituents is 3. The average molecular weight is 419 g/mol. The smallest absolute Gasteiger partial charge is 0.258 e. The van der Waals surface area contributed by atoms with E-state index in [-0.39, 0.29) is 0 Å². The fraction of sp³-hybridized carbons (Fsp3) is 0.0909. The van der Waals surface area contributed by atoms with Gasteiger partial charge in [0.15, 0.2) is 0 Å². The molecule has 0 spiro atoms. The van der Waals surface area contributed by atoms with E-state index < -0.39 is 31.8 Å². The van der Waals surface area contributed by atoms with E-state index in [1.54, 1.807) is 0 Å². The normalized spacial score (nSPS) is 10.4. The lowest BCUT2D eigenvalue weighted by Crippen LogP contribution is -1.96.